The molecular formula is C6H11CsO7S. The molecule has 0 bridgehead atoms. The minimum absolute atomic E-state index is 0. The molecular weight excluding hydrogens is 349 g/mol. The summed E-state index contributed by atoms with van der Waals surface area (Å²) in [5.74, 6) is -2.83. The molecule has 0 rings (SSSR count). The van der Waals surface area contributed by atoms with E-state index in [-0.39, 0.29) is 83.2 Å². The molecule has 0 aromatic heterocycles. The molecule has 0 aliphatic heterocycles. The van der Waals surface area contributed by atoms with Gasteiger partial charge in [-0.15, -0.1) is 0 Å². The van der Waals surface area contributed by atoms with Gasteiger partial charge in [-0.2, -0.15) is 8.42 Å². The first-order valence-corrected chi connectivity index (χ1v) is 5.16. The minimum Gasteiger partial charge on any atom is -1.00 e. The van der Waals surface area contributed by atoms with Gasteiger partial charge in [0.2, 0.25) is 0 Å². The van der Waals surface area contributed by atoms with E-state index in [0.29, 0.717) is 0 Å². The maximum absolute atomic E-state index is 10.5. The first-order chi connectivity index (χ1) is 6.25. The zero-order chi connectivity index (χ0) is 11.4. The van der Waals surface area contributed by atoms with Crippen molar-refractivity contribution in [3.05, 3.63) is 0 Å². The van der Waals surface area contributed by atoms with E-state index in [2.05, 4.69) is 0 Å². The average Bonchev–Trinajstić information content (AvgIpc) is 1.94. The van der Waals surface area contributed by atoms with Crippen LogP contribution in [0.5, 0.6) is 0 Å². The number of aliphatic carboxylic acids is 2. The molecule has 0 aromatic carbocycles. The molecule has 0 spiro atoms. The van der Waals surface area contributed by atoms with Crippen LogP contribution in [0, 0.1) is 0 Å². The van der Waals surface area contributed by atoms with Crippen LogP contribution in [0.25, 0.3) is 0 Å². The minimum atomic E-state index is -4.65. The average molecular weight is 360 g/mol. The van der Waals surface area contributed by atoms with Gasteiger partial charge in [-0.05, 0) is 12.8 Å². The number of rotatable bonds is 6. The second kappa shape index (κ2) is 8.06. The van der Waals surface area contributed by atoms with Crippen LogP contribution in [-0.2, 0) is 19.7 Å². The van der Waals surface area contributed by atoms with Gasteiger partial charge in [0.15, 0.2) is 5.25 Å². The Kier molecular flexibility index (Phi) is 9.82. The first-order valence-electron chi connectivity index (χ1n) is 3.66. The summed E-state index contributed by atoms with van der Waals surface area (Å²) >= 11 is 0. The molecule has 9 heteroatoms. The molecule has 0 aromatic rings. The third kappa shape index (κ3) is 8.68. The molecule has 0 aliphatic rings. The molecule has 0 radical (unpaired) electrons. The van der Waals surface area contributed by atoms with Gasteiger partial charge >= 0.3 is 80.8 Å². The second-order valence-electron chi connectivity index (χ2n) is 2.63. The van der Waals surface area contributed by atoms with Gasteiger partial charge in [0.05, 0.1) is 0 Å². The predicted molar refractivity (Wildman–Crippen MR) is 45.6 cm³/mol. The molecule has 15 heavy (non-hydrogen) atoms. The molecule has 0 saturated heterocycles. The summed E-state index contributed by atoms with van der Waals surface area (Å²) in [5, 5.41) is 14.7. The van der Waals surface area contributed by atoms with E-state index >= 15 is 0 Å². The van der Waals surface area contributed by atoms with Crippen molar-refractivity contribution in [3.63, 3.8) is 0 Å². The van der Waals surface area contributed by atoms with E-state index < -0.39 is 33.7 Å². The van der Waals surface area contributed by atoms with Crippen molar-refractivity contribution in [2.45, 2.75) is 24.5 Å². The molecule has 0 saturated carbocycles. The van der Waals surface area contributed by atoms with Gasteiger partial charge < -0.3 is 11.6 Å². The third-order valence-corrected chi connectivity index (χ3v) is 2.65. The van der Waals surface area contributed by atoms with Crippen molar-refractivity contribution in [1.29, 1.82) is 0 Å². The zero-order valence-electron chi connectivity index (χ0n) is 9.08. The fraction of sp³-hybridized carbons (Fsp3) is 0.667. The van der Waals surface area contributed by atoms with Crippen molar-refractivity contribution in [2.24, 2.45) is 0 Å². The Morgan fingerprint density at radius 2 is 1.73 bits per heavy atom. The van der Waals surface area contributed by atoms with Gasteiger partial charge in [0, 0.05) is 6.42 Å². The molecule has 1 atom stereocenters. The second-order valence-corrected chi connectivity index (χ2v) is 4.23. The normalized spacial score (nSPS) is 12.6. The molecule has 3 N–H and O–H groups in total. The summed E-state index contributed by atoms with van der Waals surface area (Å²) in [6, 6.07) is 0. The van der Waals surface area contributed by atoms with Crippen LogP contribution in [0.15, 0.2) is 0 Å². The first kappa shape index (κ1) is 18.3. The number of hydrogen-bond donors (Lipinski definition) is 3. The van der Waals surface area contributed by atoms with E-state index in [4.69, 9.17) is 14.8 Å². The smallest absolute Gasteiger partial charge is 1.00 e. The molecule has 0 aliphatic carbocycles. The van der Waals surface area contributed by atoms with E-state index in [1.165, 1.54) is 0 Å². The summed E-state index contributed by atoms with van der Waals surface area (Å²) in [6.07, 6.45) is -0.869. The fourth-order valence-electron chi connectivity index (χ4n) is 0.838. The molecule has 84 valence electrons. The molecule has 0 heterocycles. The summed E-state index contributed by atoms with van der Waals surface area (Å²) in [6.45, 7) is 0. The largest absolute Gasteiger partial charge is 1.00 e. The Hall–Kier alpha value is 0.902. The Morgan fingerprint density at radius 3 is 2.00 bits per heavy atom. The monoisotopic (exact) mass is 360 g/mol. The Morgan fingerprint density at radius 1 is 1.27 bits per heavy atom. The maximum Gasteiger partial charge on any atom is 1.00 e. The SMILES string of the molecule is O=C(O)CCCC(C(=O)O)S(=O)(=O)O.[Cs+].[H-]. The molecule has 0 amide bonds. The van der Waals surface area contributed by atoms with Gasteiger partial charge in [0.1, 0.15) is 0 Å². The zero-order valence-corrected chi connectivity index (χ0v) is 15.2. The Balaban J connectivity index is -0.000000845. The predicted octanol–water partition coefficient (Wildman–Crippen LogP) is -3.30. The summed E-state index contributed by atoms with van der Waals surface area (Å²) in [5.41, 5.74) is 0. The van der Waals surface area contributed by atoms with Crippen LogP contribution in [0.4, 0.5) is 0 Å². The van der Waals surface area contributed by atoms with Crippen LogP contribution in [-0.4, -0.2) is 40.4 Å². The van der Waals surface area contributed by atoms with Gasteiger partial charge in [0.25, 0.3) is 10.1 Å². The summed E-state index contributed by atoms with van der Waals surface area (Å²) in [7, 11) is -4.65. The van der Waals surface area contributed by atoms with Crippen molar-refractivity contribution in [2.75, 3.05) is 0 Å². The van der Waals surface area contributed by atoms with Crippen LogP contribution in [0.2, 0.25) is 0 Å². The Bertz CT molecular complexity index is 328. The number of hydrogen-bond acceptors (Lipinski definition) is 4. The molecule has 0 fully saturated rings. The van der Waals surface area contributed by atoms with E-state index in [1.807, 2.05) is 0 Å². The summed E-state index contributed by atoms with van der Waals surface area (Å²) in [4.78, 5) is 20.4. The van der Waals surface area contributed by atoms with Crippen molar-refractivity contribution in [3.8, 4) is 0 Å². The van der Waals surface area contributed by atoms with E-state index in [0.717, 1.165) is 0 Å². The fourth-order valence-corrected chi connectivity index (χ4v) is 1.56. The van der Waals surface area contributed by atoms with Crippen molar-refractivity contribution in [1.82, 2.24) is 0 Å². The Labute approximate surface area is 147 Å². The quantitative estimate of drug-likeness (QED) is 0.423. The maximum atomic E-state index is 10.5. The van der Waals surface area contributed by atoms with Crippen molar-refractivity contribution >= 4 is 22.1 Å². The third-order valence-electron chi connectivity index (χ3n) is 1.49. The van der Waals surface area contributed by atoms with E-state index in [9.17, 15) is 18.0 Å². The van der Waals surface area contributed by atoms with Crippen molar-refractivity contribution < 1.29 is 103 Å². The molecule has 7 nitrogen and oxygen atoms in total. The standard InChI is InChI=1S/C6H10O7S.Cs.H/c7-5(8)3-1-2-4(6(9)10)14(11,12)13;;/h4H,1-3H2,(H,7,8)(H,9,10)(H,11,12,13);;/q;+1;-1. The van der Waals surface area contributed by atoms with Gasteiger partial charge in [-0.3, -0.25) is 14.1 Å². The topological polar surface area (TPSA) is 129 Å². The van der Waals surface area contributed by atoms with E-state index in [1.54, 1.807) is 0 Å². The number of carboxylic acid groups (broad SMARTS) is 2. The summed E-state index contributed by atoms with van der Waals surface area (Å²) < 4.78 is 29.4. The number of carbonyl (C=O) groups is 2. The van der Waals surface area contributed by atoms with Crippen LogP contribution >= 0.6 is 0 Å². The van der Waals surface area contributed by atoms with Gasteiger partial charge in [-0.25, -0.2) is 0 Å². The van der Waals surface area contributed by atoms with Crippen LogP contribution in [0.3, 0.4) is 0 Å². The van der Waals surface area contributed by atoms with Crippen LogP contribution < -0.4 is 68.9 Å². The molecule has 1 unspecified atom stereocenters. The number of carboxylic acids is 2. The van der Waals surface area contributed by atoms with Gasteiger partial charge in [-0.1, -0.05) is 0 Å². The van der Waals surface area contributed by atoms with Crippen LogP contribution in [0.1, 0.15) is 20.7 Å².